The molecule has 2 amide bonds. The number of hydrogen-bond donors (Lipinski definition) is 2. The van der Waals surface area contributed by atoms with Gasteiger partial charge < -0.3 is 4.90 Å². The average molecular weight is 185 g/mol. The van der Waals surface area contributed by atoms with E-state index in [1.807, 2.05) is 4.90 Å². The van der Waals surface area contributed by atoms with Crippen LogP contribution in [0, 0.1) is 5.92 Å². The number of piperidine rings is 1. The summed E-state index contributed by atoms with van der Waals surface area (Å²) in [6, 6.07) is 0.178. The van der Waals surface area contributed by atoms with Gasteiger partial charge in [0.1, 0.15) is 0 Å². The number of urea groups is 1. The first kappa shape index (κ1) is 10.3. The minimum atomic E-state index is -0.148. The summed E-state index contributed by atoms with van der Waals surface area (Å²) in [6.07, 6.45) is 3.46. The summed E-state index contributed by atoms with van der Waals surface area (Å²) in [7, 11) is 0. The molecule has 1 saturated heterocycles. The molecule has 0 unspecified atom stereocenters. The predicted octanol–water partition coefficient (Wildman–Crippen LogP) is 1.08. The van der Waals surface area contributed by atoms with Gasteiger partial charge in [-0.05, 0) is 25.7 Å². The molecule has 0 radical (unpaired) electrons. The standard InChI is InChI=1S/C9H19N3O/c1-3-8-5-4-7(2)12(6-8)9(13)11-10/h7-8H,3-6,10H2,1-2H3,(H,11,13)/t7-,8+/m0/s1. The molecular formula is C9H19N3O. The maximum Gasteiger partial charge on any atom is 0.331 e. The molecule has 0 aliphatic carbocycles. The topological polar surface area (TPSA) is 58.4 Å². The van der Waals surface area contributed by atoms with Gasteiger partial charge >= 0.3 is 6.03 Å². The SMILES string of the molecule is CC[C@@H]1CC[C@H](C)N(C(=O)NN)C1. The molecule has 76 valence electrons. The predicted molar refractivity (Wildman–Crippen MR) is 51.9 cm³/mol. The molecule has 0 saturated carbocycles. The lowest BCUT2D eigenvalue weighted by Gasteiger charge is -2.37. The third-order valence-corrected chi connectivity index (χ3v) is 2.94. The lowest BCUT2D eigenvalue weighted by Crippen LogP contribution is -2.51. The van der Waals surface area contributed by atoms with E-state index in [4.69, 9.17) is 5.84 Å². The minimum Gasteiger partial charge on any atom is -0.321 e. The first-order valence-corrected chi connectivity index (χ1v) is 4.96. The number of likely N-dealkylation sites (tertiary alicyclic amines) is 1. The first-order chi connectivity index (χ1) is 6.19. The third kappa shape index (κ3) is 2.34. The quantitative estimate of drug-likeness (QED) is 0.365. The van der Waals surface area contributed by atoms with Gasteiger partial charge in [-0.2, -0.15) is 0 Å². The molecule has 0 spiro atoms. The summed E-state index contributed by atoms with van der Waals surface area (Å²) in [5, 5.41) is 0. The number of carbonyl (C=O) groups excluding carboxylic acids is 1. The van der Waals surface area contributed by atoms with Gasteiger partial charge in [0.15, 0.2) is 0 Å². The van der Waals surface area contributed by atoms with Crippen LogP contribution in [0.15, 0.2) is 0 Å². The molecular weight excluding hydrogens is 166 g/mol. The van der Waals surface area contributed by atoms with E-state index in [1.54, 1.807) is 0 Å². The number of nitrogens with zero attached hydrogens (tertiary/aromatic N) is 1. The zero-order valence-electron chi connectivity index (χ0n) is 8.42. The fraction of sp³-hybridized carbons (Fsp3) is 0.889. The Morgan fingerprint density at radius 3 is 2.85 bits per heavy atom. The van der Waals surface area contributed by atoms with Crippen molar-refractivity contribution < 1.29 is 4.79 Å². The van der Waals surface area contributed by atoms with Crippen molar-refractivity contribution in [3.05, 3.63) is 0 Å². The molecule has 0 bridgehead atoms. The lowest BCUT2D eigenvalue weighted by atomic mass is 9.92. The molecule has 3 N–H and O–H groups in total. The second-order valence-corrected chi connectivity index (χ2v) is 3.80. The van der Waals surface area contributed by atoms with Gasteiger partial charge in [-0.1, -0.05) is 13.3 Å². The molecule has 1 fully saturated rings. The minimum absolute atomic E-state index is 0.148. The first-order valence-electron chi connectivity index (χ1n) is 4.96. The maximum atomic E-state index is 11.3. The summed E-state index contributed by atoms with van der Waals surface area (Å²) in [5.74, 6) is 5.76. The van der Waals surface area contributed by atoms with E-state index >= 15 is 0 Å². The van der Waals surface area contributed by atoms with Crippen molar-refractivity contribution >= 4 is 6.03 Å². The van der Waals surface area contributed by atoms with Crippen LogP contribution in [0.1, 0.15) is 33.1 Å². The Hall–Kier alpha value is -0.770. The summed E-state index contributed by atoms with van der Waals surface area (Å²) in [6.45, 7) is 5.08. The van der Waals surface area contributed by atoms with Crippen LogP contribution in [0.2, 0.25) is 0 Å². The zero-order valence-corrected chi connectivity index (χ0v) is 8.42. The molecule has 1 rings (SSSR count). The molecule has 1 aliphatic heterocycles. The Morgan fingerprint density at radius 2 is 2.31 bits per heavy atom. The van der Waals surface area contributed by atoms with Gasteiger partial charge in [0.25, 0.3) is 0 Å². The van der Waals surface area contributed by atoms with Gasteiger partial charge in [-0.25, -0.2) is 10.6 Å². The number of nitrogens with one attached hydrogen (secondary N) is 1. The number of amides is 2. The lowest BCUT2D eigenvalue weighted by molar-refractivity contribution is 0.130. The largest absolute Gasteiger partial charge is 0.331 e. The average Bonchev–Trinajstić information content (AvgIpc) is 2.17. The summed E-state index contributed by atoms with van der Waals surface area (Å²) < 4.78 is 0. The number of hydrazine groups is 1. The second kappa shape index (κ2) is 4.46. The molecule has 4 nitrogen and oxygen atoms in total. The van der Waals surface area contributed by atoms with Crippen LogP contribution in [-0.2, 0) is 0 Å². The molecule has 0 aromatic carbocycles. The molecule has 1 aliphatic rings. The van der Waals surface area contributed by atoms with E-state index in [9.17, 15) is 4.79 Å². The normalized spacial score (nSPS) is 28.7. The Labute approximate surface area is 79.4 Å². The second-order valence-electron chi connectivity index (χ2n) is 3.80. The molecule has 2 atom stereocenters. The Bertz CT molecular complexity index is 184. The fourth-order valence-corrected chi connectivity index (χ4v) is 1.88. The number of nitrogens with two attached hydrogens (primary N) is 1. The molecule has 0 aromatic heterocycles. The molecule has 13 heavy (non-hydrogen) atoms. The zero-order chi connectivity index (χ0) is 9.84. The van der Waals surface area contributed by atoms with E-state index in [0.717, 1.165) is 19.4 Å². The fourth-order valence-electron chi connectivity index (χ4n) is 1.88. The highest BCUT2D eigenvalue weighted by molar-refractivity contribution is 5.73. The van der Waals surface area contributed by atoms with Crippen molar-refractivity contribution in [2.24, 2.45) is 11.8 Å². The summed E-state index contributed by atoms with van der Waals surface area (Å²) in [4.78, 5) is 13.2. The van der Waals surface area contributed by atoms with Gasteiger partial charge in [0, 0.05) is 12.6 Å². The van der Waals surface area contributed by atoms with Crippen LogP contribution >= 0.6 is 0 Å². The van der Waals surface area contributed by atoms with E-state index in [0.29, 0.717) is 12.0 Å². The number of rotatable bonds is 1. The van der Waals surface area contributed by atoms with Crippen LogP contribution in [-0.4, -0.2) is 23.5 Å². The van der Waals surface area contributed by atoms with Crippen molar-refractivity contribution in [3.63, 3.8) is 0 Å². The van der Waals surface area contributed by atoms with Crippen molar-refractivity contribution in [1.82, 2.24) is 10.3 Å². The third-order valence-electron chi connectivity index (χ3n) is 2.94. The Morgan fingerprint density at radius 1 is 1.62 bits per heavy atom. The summed E-state index contributed by atoms with van der Waals surface area (Å²) in [5.41, 5.74) is 2.20. The van der Waals surface area contributed by atoms with Crippen molar-refractivity contribution in [2.75, 3.05) is 6.54 Å². The van der Waals surface area contributed by atoms with Crippen LogP contribution in [0.25, 0.3) is 0 Å². The van der Waals surface area contributed by atoms with Crippen LogP contribution in [0.4, 0.5) is 4.79 Å². The van der Waals surface area contributed by atoms with Crippen molar-refractivity contribution in [3.8, 4) is 0 Å². The highest BCUT2D eigenvalue weighted by Gasteiger charge is 2.27. The van der Waals surface area contributed by atoms with Crippen LogP contribution < -0.4 is 11.3 Å². The molecule has 1 heterocycles. The van der Waals surface area contributed by atoms with E-state index in [1.165, 1.54) is 6.42 Å². The van der Waals surface area contributed by atoms with E-state index < -0.39 is 0 Å². The number of hydrogen-bond acceptors (Lipinski definition) is 2. The van der Waals surface area contributed by atoms with Gasteiger partial charge in [0.05, 0.1) is 0 Å². The summed E-state index contributed by atoms with van der Waals surface area (Å²) >= 11 is 0. The van der Waals surface area contributed by atoms with E-state index in [2.05, 4.69) is 19.3 Å². The molecule has 0 aromatic rings. The number of carbonyl (C=O) groups is 1. The van der Waals surface area contributed by atoms with Crippen molar-refractivity contribution in [1.29, 1.82) is 0 Å². The highest BCUT2D eigenvalue weighted by Crippen LogP contribution is 2.23. The maximum absolute atomic E-state index is 11.3. The molecule has 4 heteroatoms. The Kier molecular flexibility index (Phi) is 3.54. The van der Waals surface area contributed by atoms with Crippen LogP contribution in [0.5, 0.6) is 0 Å². The monoisotopic (exact) mass is 185 g/mol. The Balaban J connectivity index is 2.54. The van der Waals surface area contributed by atoms with Gasteiger partial charge in [-0.3, -0.25) is 5.43 Å². The highest BCUT2D eigenvalue weighted by atomic mass is 16.2. The smallest absolute Gasteiger partial charge is 0.321 e. The van der Waals surface area contributed by atoms with Gasteiger partial charge in [-0.15, -0.1) is 0 Å². The van der Waals surface area contributed by atoms with Gasteiger partial charge in [0.2, 0.25) is 0 Å². The van der Waals surface area contributed by atoms with Crippen molar-refractivity contribution in [2.45, 2.75) is 39.2 Å². The van der Waals surface area contributed by atoms with E-state index in [-0.39, 0.29) is 6.03 Å². The van der Waals surface area contributed by atoms with Crippen LogP contribution in [0.3, 0.4) is 0 Å².